The Balaban J connectivity index is 2.39. The molecule has 1 aliphatic rings. The molecule has 2 atom stereocenters. The van der Waals surface area contributed by atoms with Crippen molar-refractivity contribution < 1.29 is 4.79 Å². The third-order valence-corrected chi connectivity index (χ3v) is 2.43. The molecular weight excluding hydrogens is 140 g/mol. The molecule has 0 aliphatic carbocycles. The van der Waals surface area contributed by atoms with E-state index in [-0.39, 0.29) is 11.9 Å². The summed E-state index contributed by atoms with van der Waals surface area (Å²) in [6.45, 7) is 3.10. The van der Waals surface area contributed by atoms with E-state index in [9.17, 15) is 4.79 Å². The fraction of sp³-hybridized carbons (Fsp3) is 0.875. The molecule has 0 aromatic heterocycles. The van der Waals surface area contributed by atoms with Crippen LogP contribution in [-0.4, -0.2) is 18.5 Å². The van der Waals surface area contributed by atoms with E-state index in [0.717, 1.165) is 19.4 Å². The van der Waals surface area contributed by atoms with Gasteiger partial charge in [-0.3, -0.25) is 4.79 Å². The predicted molar refractivity (Wildman–Crippen MR) is 44.0 cm³/mol. The minimum absolute atomic E-state index is 0.0753. The molecule has 1 saturated heterocycles. The first-order valence-electron chi connectivity index (χ1n) is 4.26. The van der Waals surface area contributed by atoms with Crippen LogP contribution in [0.3, 0.4) is 0 Å². The standard InChI is InChI=1S/C8H16N2O/c1-2-6-3-4-10-7(5-6)8(9)11/h6-7,10H,2-5H2,1H3,(H2,9,11)/t6-,7+/m0/s1. The second kappa shape index (κ2) is 3.72. The van der Waals surface area contributed by atoms with E-state index in [1.165, 1.54) is 6.42 Å². The van der Waals surface area contributed by atoms with Crippen LogP contribution in [0.1, 0.15) is 26.2 Å². The highest BCUT2D eigenvalue weighted by Gasteiger charge is 2.23. The van der Waals surface area contributed by atoms with Crippen molar-refractivity contribution in [3.8, 4) is 0 Å². The molecule has 3 N–H and O–H groups in total. The fourth-order valence-corrected chi connectivity index (χ4v) is 1.58. The number of piperidine rings is 1. The van der Waals surface area contributed by atoms with E-state index < -0.39 is 0 Å². The summed E-state index contributed by atoms with van der Waals surface area (Å²) in [6, 6.07) is -0.0753. The summed E-state index contributed by atoms with van der Waals surface area (Å²) in [7, 11) is 0. The van der Waals surface area contributed by atoms with E-state index in [2.05, 4.69) is 12.2 Å². The Bertz CT molecular complexity index is 147. The Hall–Kier alpha value is -0.570. The zero-order valence-corrected chi connectivity index (χ0v) is 6.97. The summed E-state index contributed by atoms with van der Waals surface area (Å²) in [6.07, 6.45) is 3.26. The normalized spacial score (nSPS) is 31.7. The van der Waals surface area contributed by atoms with E-state index in [1.807, 2.05) is 0 Å². The number of rotatable bonds is 2. The van der Waals surface area contributed by atoms with Gasteiger partial charge in [-0.25, -0.2) is 0 Å². The number of nitrogens with one attached hydrogen (secondary N) is 1. The third-order valence-electron chi connectivity index (χ3n) is 2.43. The van der Waals surface area contributed by atoms with Crippen LogP contribution < -0.4 is 11.1 Å². The van der Waals surface area contributed by atoms with Crippen molar-refractivity contribution in [3.05, 3.63) is 0 Å². The first-order valence-corrected chi connectivity index (χ1v) is 4.26. The molecule has 3 nitrogen and oxygen atoms in total. The second-order valence-electron chi connectivity index (χ2n) is 3.21. The topological polar surface area (TPSA) is 55.1 Å². The maximum Gasteiger partial charge on any atom is 0.234 e. The average Bonchev–Trinajstić information content (AvgIpc) is 2.05. The monoisotopic (exact) mass is 156 g/mol. The van der Waals surface area contributed by atoms with E-state index in [0.29, 0.717) is 5.92 Å². The van der Waals surface area contributed by atoms with Gasteiger partial charge in [0.25, 0.3) is 0 Å². The van der Waals surface area contributed by atoms with Crippen molar-refractivity contribution in [2.45, 2.75) is 32.2 Å². The van der Waals surface area contributed by atoms with Crippen LogP contribution in [-0.2, 0) is 4.79 Å². The Labute approximate surface area is 67.3 Å². The molecule has 0 saturated carbocycles. The van der Waals surface area contributed by atoms with Crippen LogP contribution in [0.25, 0.3) is 0 Å². The van der Waals surface area contributed by atoms with E-state index in [4.69, 9.17) is 5.73 Å². The molecule has 0 spiro atoms. The Kier molecular flexibility index (Phi) is 2.88. The minimum atomic E-state index is -0.205. The van der Waals surface area contributed by atoms with Crippen molar-refractivity contribution in [3.63, 3.8) is 0 Å². The molecule has 3 heteroatoms. The average molecular weight is 156 g/mol. The van der Waals surface area contributed by atoms with Crippen LogP contribution >= 0.6 is 0 Å². The quantitative estimate of drug-likeness (QED) is 0.602. The molecule has 1 aliphatic heterocycles. The number of primary amides is 1. The van der Waals surface area contributed by atoms with Gasteiger partial charge in [-0.15, -0.1) is 0 Å². The molecule has 1 heterocycles. The summed E-state index contributed by atoms with van der Waals surface area (Å²) in [5.41, 5.74) is 5.18. The lowest BCUT2D eigenvalue weighted by molar-refractivity contribution is -0.120. The lowest BCUT2D eigenvalue weighted by Gasteiger charge is -2.27. The third kappa shape index (κ3) is 2.19. The number of nitrogens with two attached hydrogens (primary N) is 1. The van der Waals surface area contributed by atoms with Gasteiger partial charge in [-0.1, -0.05) is 13.3 Å². The van der Waals surface area contributed by atoms with Gasteiger partial charge >= 0.3 is 0 Å². The van der Waals surface area contributed by atoms with Crippen LogP contribution in [0.2, 0.25) is 0 Å². The SMILES string of the molecule is CC[C@H]1CCN[C@@H](C(N)=O)C1. The van der Waals surface area contributed by atoms with Crippen LogP contribution in [0.15, 0.2) is 0 Å². The molecule has 0 bridgehead atoms. The van der Waals surface area contributed by atoms with E-state index >= 15 is 0 Å². The molecule has 0 radical (unpaired) electrons. The van der Waals surface area contributed by atoms with Crippen molar-refractivity contribution in [2.75, 3.05) is 6.54 Å². The highest BCUT2D eigenvalue weighted by Crippen LogP contribution is 2.18. The Morgan fingerprint density at radius 3 is 3.00 bits per heavy atom. The molecular formula is C8H16N2O. The fourth-order valence-electron chi connectivity index (χ4n) is 1.58. The maximum absolute atomic E-state index is 10.8. The van der Waals surface area contributed by atoms with Gasteiger partial charge < -0.3 is 11.1 Å². The molecule has 11 heavy (non-hydrogen) atoms. The lowest BCUT2D eigenvalue weighted by atomic mass is 9.90. The highest BCUT2D eigenvalue weighted by molar-refractivity contribution is 5.79. The number of hydrogen-bond donors (Lipinski definition) is 2. The lowest BCUT2D eigenvalue weighted by Crippen LogP contribution is -2.46. The number of amides is 1. The van der Waals surface area contributed by atoms with Gasteiger partial charge in [0.1, 0.15) is 0 Å². The molecule has 0 unspecified atom stereocenters. The van der Waals surface area contributed by atoms with Crippen LogP contribution in [0.5, 0.6) is 0 Å². The Morgan fingerprint density at radius 1 is 1.73 bits per heavy atom. The van der Waals surface area contributed by atoms with Gasteiger partial charge in [-0.05, 0) is 25.3 Å². The van der Waals surface area contributed by atoms with Gasteiger partial charge in [0.2, 0.25) is 5.91 Å². The summed E-state index contributed by atoms with van der Waals surface area (Å²) >= 11 is 0. The van der Waals surface area contributed by atoms with Gasteiger partial charge in [0, 0.05) is 0 Å². The Morgan fingerprint density at radius 2 is 2.45 bits per heavy atom. The van der Waals surface area contributed by atoms with E-state index in [1.54, 1.807) is 0 Å². The summed E-state index contributed by atoms with van der Waals surface area (Å²) in [5, 5.41) is 3.11. The number of carbonyl (C=O) groups is 1. The van der Waals surface area contributed by atoms with Crippen LogP contribution in [0, 0.1) is 5.92 Å². The molecule has 1 amide bonds. The smallest absolute Gasteiger partial charge is 0.234 e. The minimum Gasteiger partial charge on any atom is -0.368 e. The molecule has 64 valence electrons. The molecule has 1 rings (SSSR count). The maximum atomic E-state index is 10.8. The van der Waals surface area contributed by atoms with Crippen molar-refractivity contribution in [1.29, 1.82) is 0 Å². The van der Waals surface area contributed by atoms with Crippen LogP contribution in [0.4, 0.5) is 0 Å². The molecule has 0 aromatic carbocycles. The number of carbonyl (C=O) groups excluding carboxylic acids is 1. The summed E-state index contributed by atoms with van der Waals surface area (Å²) < 4.78 is 0. The van der Waals surface area contributed by atoms with Gasteiger partial charge in [0.15, 0.2) is 0 Å². The number of hydrogen-bond acceptors (Lipinski definition) is 2. The zero-order chi connectivity index (χ0) is 8.27. The van der Waals surface area contributed by atoms with Crippen molar-refractivity contribution >= 4 is 5.91 Å². The van der Waals surface area contributed by atoms with Gasteiger partial charge in [-0.2, -0.15) is 0 Å². The van der Waals surface area contributed by atoms with Gasteiger partial charge in [0.05, 0.1) is 6.04 Å². The predicted octanol–water partition coefficient (Wildman–Crippen LogP) is 0.250. The first-order chi connectivity index (χ1) is 5.24. The van der Waals surface area contributed by atoms with Crippen molar-refractivity contribution in [2.24, 2.45) is 11.7 Å². The van der Waals surface area contributed by atoms with Crippen molar-refractivity contribution in [1.82, 2.24) is 5.32 Å². The largest absolute Gasteiger partial charge is 0.368 e. The summed E-state index contributed by atoms with van der Waals surface area (Å²) in [4.78, 5) is 10.8. The first kappa shape index (κ1) is 8.53. The second-order valence-corrected chi connectivity index (χ2v) is 3.21. The highest BCUT2D eigenvalue weighted by atomic mass is 16.1. The zero-order valence-electron chi connectivity index (χ0n) is 6.97. The molecule has 0 aromatic rings. The molecule has 1 fully saturated rings. The summed E-state index contributed by atoms with van der Waals surface area (Å²) in [5.74, 6) is 0.483.